The van der Waals surface area contributed by atoms with Gasteiger partial charge >= 0.3 is 6.36 Å². The summed E-state index contributed by atoms with van der Waals surface area (Å²) in [4.78, 5) is 3.39. The molecule has 162 valence electrons. The second-order valence-corrected chi connectivity index (χ2v) is 7.38. The van der Waals surface area contributed by atoms with E-state index in [1.165, 1.54) is 12.1 Å². The van der Waals surface area contributed by atoms with Gasteiger partial charge < -0.3 is 20.2 Å². The van der Waals surface area contributed by atoms with Crippen molar-refractivity contribution in [3.05, 3.63) is 60.2 Å². The molecule has 0 fully saturated rings. The van der Waals surface area contributed by atoms with Crippen molar-refractivity contribution in [3.8, 4) is 22.8 Å². The van der Waals surface area contributed by atoms with E-state index < -0.39 is 6.36 Å². The molecule has 0 aliphatic rings. The first-order valence-electron chi connectivity index (χ1n) is 10.1. The zero-order chi connectivity index (χ0) is 22.0. The van der Waals surface area contributed by atoms with Crippen LogP contribution in [0.2, 0.25) is 0 Å². The fourth-order valence-corrected chi connectivity index (χ4v) is 3.94. The molecule has 0 atom stereocenters. The number of ether oxygens (including phenoxy) is 2. The Balaban J connectivity index is 1.90. The predicted molar refractivity (Wildman–Crippen MR) is 116 cm³/mol. The molecule has 0 amide bonds. The zero-order valence-electron chi connectivity index (χ0n) is 17.1. The molecule has 4 aromatic rings. The van der Waals surface area contributed by atoms with Crippen molar-refractivity contribution in [1.29, 1.82) is 0 Å². The van der Waals surface area contributed by atoms with Crippen LogP contribution in [0.25, 0.3) is 32.9 Å². The van der Waals surface area contributed by atoms with Crippen LogP contribution in [0, 0.1) is 0 Å². The lowest BCUT2D eigenvalue weighted by Gasteiger charge is -2.12. The van der Waals surface area contributed by atoms with Crippen LogP contribution in [-0.2, 0) is 6.42 Å². The lowest BCUT2D eigenvalue weighted by molar-refractivity contribution is -0.274. The van der Waals surface area contributed by atoms with Gasteiger partial charge in [-0.3, -0.25) is 0 Å². The molecular weight excluding hydrogens is 405 g/mol. The zero-order valence-corrected chi connectivity index (χ0v) is 17.1. The van der Waals surface area contributed by atoms with Crippen molar-refractivity contribution < 1.29 is 22.6 Å². The number of alkyl halides is 3. The number of aromatic amines is 1. The normalized spacial score (nSPS) is 11.9. The number of benzene rings is 3. The fraction of sp³-hybridized carbons (Fsp3) is 0.250. The highest BCUT2D eigenvalue weighted by molar-refractivity contribution is 5.96. The van der Waals surface area contributed by atoms with Crippen LogP contribution in [0.15, 0.2) is 54.6 Å². The fourth-order valence-electron chi connectivity index (χ4n) is 3.94. The van der Waals surface area contributed by atoms with E-state index in [0.717, 1.165) is 46.0 Å². The molecule has 0 radical (unpaired) electrons. The molecule has 0 saturated heterocycles. The quantitative estimate of drug-likeness (QED) is 0.346. The SMILES string of the molecule is COc1cc2ccccc2cc1-c1[nH]c2ccc(OC(F)(F)F)cc2c1CCCCN. The minimum Gasteiger partial charge on any atom is -0.496 e. The molecule has 7 heteroatoms. The summed E-state index contributed by atoms with van der Waals surface area (Å²) in [6.45, 7) is 0.555. The first-order chi connectivity index (χ1) is 14.9. The lowest BCUT2D eigenvalue weighted by Crippen LogP contribution is -2.16. The summed E-state index contributed by atoms with van der Waals surface area (Å²) in [5.41, 5.74) is 9.01. The molecule has 31 heavy (non-hydrogen) atoms. The Kier molecular flexibility index (Phi) is 5.78. The van der Waals surface area contributed by atoms with Crippen LogP contribution >= 0.6 is 0 Å². The number of halogens is 3. The molecule has 1 aromatic heterocycles. The molecule has 0 bridgehead atoms. The van der Waals surface area contributed by atoms with Gasteiger partial charge in [0, 0.05) is 16.5 Å². The minimum atomic E-state index is -4.74. The third kappa shape index (κ3) is 4.46. The highest BCUT2D eigenvalue weighted by Crippen LogP contribution is 2.40. The number of nitrogens with one attached hydrogen (secondary N) is 1. The van der Waals surface area contributed by atoms with Gasteiger partial charge in [-0.2, -0.15) is 0 Å². The number of methoxy groups -OCH3 is 1. The van der Waals surface area contributed by atoms with Crippen molar-refractivity contribution in [2.45, 2.75) is 25.6 Å². The van der Waals surface area contributed by atoms with Crippen LogP contribution in [0.1, 0.15) is 18.4 Å². The standard InChI is InChI=1S/C24H23F3N2O2/c1-30-22-13-16-7-3-2-6-15(16)12-20(22)23-18(8-4-5-11-28)19-14-17(31-24(25,26)27)9-10-21(19)29-23/h2-3,6-7,9-10,12-14,29H,4-5,8,11,28H2,1H3. The summed E-state index contributed by atoms with van der Waals surface area (Å²) in [6.07, 6.45) is -2.44. The van der Waals surface area contributed by atoms with Gasteiger partial charge in [-0.25, -0.2) is 0 Å². The summed E-state index contributed by atoms with van der Waals surface area (Å²) < 4.78 is 48.1. The number of rotatable bonds is 7. The molecule has 0 spiro atoms. The topological polar surface area (TPSA) is 60.3 Å². The molecular formula is C24H23F3N2O2. The molecule has 3 aromatic carbocycles. The Labute approximate surface area is 177 Å². The van der Waals surface area contributed by atoms with E-state index >= 15 is 0 Å². The maximum Gasteiger partial charge on any atom is 0.573 e. The van der Waals surface area contributed by atoms with E-state index in [1.54, 1.807) is 13.2 Å². The van der Waals surface area contributed by atoms with E-state index in [-0.39, 0.29) is 5.75 Å². The first-order valence-corrected chi connectivity index (χ1v) is 10.1. The number of aromatic nitrogens is 1. The molecule has 0 aliphatic carbocycles. The highest BCUT2D eigenvalue weighted by Gasteiger charge is 2.31. The van der Waals surface area contributed by atoms with Crippen molar-refractivity contribution in [2.24, 2.45) is 5.73 Å². The monoisotopic (exact) mass is 428 g/mol. The molecule has 4 rings (SSSR count). The number of hydrogen-bond acceptors (Lipinski definition) is 3. The van der Waals surface area contributed by atoms with Gasteiger partial charge in [0.05, 0.1) is 12.8 Å². The van der Waals surface area contributed by atoms with Crippen molar-refractivity contribution in [1.82, 2.24) is 4.98 Å². The highest BCUT2D eigenvalue weighted by atomic mass is 19.4. The van der Waals surface area contributed by atoms with E-state index in [9.17, 15) is 13.2 Å². The van der Waals surface area contributed by atoms with Gasteiger partial charge in [0.25, 0.3) is 0 Å². The number of aryl methyl sites for hydroxylation is 1. The van der Waals surface area contributed by atoms with Gasteiger partial charge in [0.2, 0.25) is 0 Å². The van der Waals surface area contributed by atoms with Gasteiger partial charge in [-0.15, -0.1) is 13.2 Å². The average Bonchev–Trinajstić information content (AvgIpc) is 3.09. The molecule has 0 aliphatic heterocycles. The second kappa shape index (κ2) is 8.51. The third-order valence-electron chi connectivity index (χ3n) is 5.33. The Morgan fingerprint density at radius 3 is 2.39 bits per heavy atom. The van der Waals surface area contributed by atoms with Crippen molar-refractivity contribution in [3.63, 3.8) is 0 Å². The lowest BCUT2D eigenvalue weighted by atomic mass is 9.97. The second-order valence-electron chi connectivity index (χ2n) is 7.38. The molecule has 3 N–H and O–H groups in total. The maximum atomic E-state index is 12.7. The summed E-state index contributed by atoms with van der Waals surface area (Å²) in [7, 11) is 1.61. The van der Waals surface area contributed by atoms with Crippen LogP contribution in [0.3, 0.4) is 0 Å². The summed E-state index contributed by atoms with van der Waals surface area (Å²) >= 11 is 0. The largest absolute Gasteiger partial charge is 0.573 e. The van der Waals surface area contributed by atoms with Crippen LogP contribution < -0.4 is 15.2 Å². The summed E-state index contributed by atoms with van der Waals surface area (Å²) in [6, 6.07) is 16.3. The Morgan fingerprint density at radius 2 is 1.71 bits per heavy atom. The molecule has 0 unspecified atom stereocenters. The van der Waals surface area contributed by atoms with Crippen molar-refractivity contribution >= 4 is 21.7 Å². The minimum absolute atomic E-state index is 0.240. The number of hydrogen-bond donors (Lipinski definition) is 2. The van der Waals surface area contributed by atoms with Gasteiger partial charge in [-0.1, -0.05) is 24.3 Å². The number of H-pyrrole nitrogens is 1. The average molecular weight is 428 g/mol. The smallest absolute Gasteiger partial charge is 0.496 e. The van der Waals surface area contributed by atoms with E-state index in [1.807, 2.05) is 36.4 Å². The predicted octanol–water partition coefficient (Wildman–Crippen LogP) is 6.18. The Bertz CT molecular complexity index is 1210. The molecule has 1 heterocycles. The van der Waals surface area contributed by atoms with Crippen LogP contribution in [-0.4, -0.2) is 25.0 Å². The van der Waals surface area contributed by atoms with Gasteiger partial charge in [0.15, 0.2) is 0 Å². The van der Waals surface area contributed by atoms with Crippen LogP contribution in [0.4, 0.5) is 13.2 Å². The third-order valence-corrected chi connectivity index (χ3v) is 5.33. The number of nitrogens with two attached hydrogens (primary N) is 1. The van der Waals surface area contributed by atoms with Crippen LogP contribution in [0.5, 0.6) is 11.5 Å². The summed E-state index contributed by atoms with van der Waals surface area (Å²) in [5.74, 6) is 0.452. The van der Waals surface area contributed by atoms with E-state index in [0.29, 0.717) is 24.1 Å². The Hall–Kier alpha value is -3.19. The Morgan fingerprint density at radius 1 is 0.968 bits per heavy atom. The number of unbranched alkanes of at least 4 members (excludes halogenated alkanes) is 1. The van der Waals surface area contributed by atoms with E-state index in [2.05, 4.69) is 9.72 Å². The van der Waals surface area contributed by atoms with Crippen molar-refractivity contribution in [2.75, 3.05) is 13.7 Å². The van der Waals surface area contributed by atoms with E-state index in [4.69, 9.17) is 10.5 Å². The number of fused-ring (bicyclic) bond motifs is 2. The first kappa shape index (κ1) is 21.1. The molecule has 0 saturated carbocycles. The van der Waals surface area contributed by atoms with Gasteiger partial charge in [0.1, 0.15) is 11.5 Å². The van der Waals surface area contributed by atoms with Gasteiger partial charge in [-0.05, 0) is 72.5 Å². The summed E-state index contributed by atoms with van der Waals surface area (Å²) in [5, 5.41) is 2.79. The maximum absolute atomic E-state index is 12.7. The molecule has 4 nitrogen and oxygen atoms in total.